The minimum atomic E-state index is -0.395. The lowest BCUT2D eigenvalue weighted by atomic mass is 9.89. The van der Waals surface area contributed by atoms with Crippen molar-refractivity contribution in [2.24, 2.45) is 5.41 Å². The number of hydrogen-bond acceptors (Lipinski definition) is 4. The van der Waals surface area contributed by atoms with Crippen molar-refractivity contribution in [3.8, 4) is 11.4 Å². The van der Waals surface area contributed by atoms with Crippen molar-refractivity contribution in [3.63, 3.8) is 0 Å². The molecule has 4 nitrogen and oxygen atoms in total. The lowest BCUT2D eigenvalue weighted by Gasteiger charge is -2.14. The zero-order valence-electron chi connectivity index (χ0n) is 13.3. The molecule has 2 rings (SSSR count). The molecule has 0 radical (unpaired) electrons. The Morgan fingerprint density at radius 1 is 1.19 bits per heavy atom. The molecule has 0 aliphatic rings. The molecular formula is C17H22N2O2. The minimum absolute atomic E-state index is 0.0906. The normalized spacial score (nSPS) is 11.9. The summed E-state index contributed by atoms with van der Waals surface area (Å²) in [4.78, 5) is 16.3. The van der Waals surface area contributed by atoms with Crippen LogP contribution in [0.4, 0.5) is 0 Å². The maximum Gasteiger partial charge on any atom is 0.234 e. The number of hydrogen-bond donors (Lipinski definition) is 0. The molecular weight excluding hydrogens is 264 g/mol. The molecule has 1 aromatic carbocycles. The van der Waals surface area contributed by atoms with Gasteiger partial charge in [0.15, 0.2) is 0 Å². The van der Waals surface area contributed by atoms with Crippen molar-refractivity contribution in [3.05, 3.63) is 35.7 Å². The van der Waals surface area contributed by atoms with Crippen LogP contribution in [-0.2, 0) is 11.2 Å². The van der Waals surface area contributed by atoms with Crippen molar-refractivity contribution < 1.29 is 9.32 Å². The van der Waals surface area contributed by atoms with Crippen LogP contribution in [-0.4, -0.2) is 15.9 Å². The Bertz CT molecular complexity index is 619. The second-order valence-electron chi connectivity index (χ2n) is 6.64. The standard InChI is InChI=1S/C17H22N2O2/c1-11(2)12-6-8-13(9-7-12)16-18-15(21-19-16)10-14(20)17(3,4)5/h6-9,11H,10H2,1-5H3. The summed E-state index contributed by atoms with van der Waals surface area (Å²) in [6, 6.07) is 8.10. The average Bonchev–Trinajstić information content (AvgIpc) is 2.86. The highest BCUT2D eigenvalue weighted by Gasteiger charge is 2.23. The highest BCUT2D eigenvalue weighted by Crippen LogP contribution is 2.22. The fourth-order valence-electron chi connectivity index (χ4n) is 1.86. The van der Waals surface area contributed by atoms with Gasteiger partial charge in [-0.25, -0.2) is 0 Å². The van der Waals surface area contributed by atoms with E-state index in [1.807, 2.05) is 32.9 Å². The molecule has 0 bridgehead atoms. The van der Waals surface area contributed by atoms with Crippen LogP contribution in [0.2, 0.25) is 0 Å². The average molecular weight is 286 g/mol. The SMILES string of the molecule is CC(C)c1ccc(-c2noc(CC(=O)C(C)(C)C)n2)cc1. The van der Waals surface area contributed by atoms with E-state index in [4.69, 9.17) is 4.52 Å². The number of Topliss-reactive ketones (excluding diaryl/α,β-unsaturated/α-hetero) is 1. The summed E-state index contributed by atoms with van der Waals surface area (Å²) >= 11 is 0. The van der Waals surface area contributed by atoms with E-state index in [9.17, 15) is 4.79 Å². The Hall–Kier alpha value is -1.97. The van der Waals surface area contributed by atoms with Crippen LogP contribution in [0.5, 0.6) is 0 Å². The molecule has 0 saturated carbocycles. The molecule has 0 saturated heterocycles. The summed E-state index contributed by atoms with van der Waals surface area (Å²) in [6.07, 6.45) is 0.181. The van der Waals surface area contributed by atoms with Crippen LogP contribution in [0.1, 0.15) is 52.0 Å². The van der Waals surface area contributed by atoms with Crippen LogP contribution >= 0.6 is 0 Å². The van der Waals surface area contributed by atoms with Gasteiger partial charge in [0, 0.05) is 11.0 Å². The number of carbonyl (C=O) groups is 1. The minimum Gasteiger partial charge on any atom is -0.339 e. The third kappa shape index (κ3) is 3.78. The molecule has 0 N–H and O–H groups in total. The Morgan fingerprint density at radius 3 is 2.33 bits per heavy atom. The Morgan fingerprint density at radius 2 is 1.81 bits per heavy atom. The van der Waals surface area contributed by atoms with Crippen molar-refractivity contribution in [2.75, 3.05) is 0 Å². The quantitative estimate of drug-likeness (QED) is 0.852. The second kappa shape index (κ2) is 5.80. The number of rotatable bonds is 4. The van der Waals surface area contributed by atoms with E-state index >= 15 is 0 Å². The first-order chi connectivity index (χ1) is 9.77. The summed E-state index contributed by atoms with van der Waals surface area (Å²) in [7, 11) is 0. The molecule has 0 spiro atoms. The third-order valence-corrected chi connectivity index (χ3v) is 3.45. The first-order valence-electron chi connectivity index (χ1n) is 7.23. The lowest BCUT2D eigenvalue weighted by Crippen LogP contribution is -2.22. The fraction of sp³-hybridized carbons (Fsp3) is 0.471. The molecule has 0 fully saturated rings. The molecule has 4 heteroatoms. The highest BCUT2D eigenvalue weighted by molar-refractivity contribution is 5.85. The van der Waals surface area contributed by atoms with E-state index in [0.717, 1.165) is 5.56 Å². The topological polar surface area (TPSA) is 56.0 Å². The van der Waals surface area contributed by atoms with Gasteiger partial charge in [-0.05, 0) is 11.5 Å². The van der Waals surface area contributed by atoms with Gasteiger partial charge >= 0.3 is 0 Å². The van der Waals surface area contributed by atoms with Gasteiger partial charge in [-0.1, -0.05) is 64.0 Å². The zero-order valence-corrected chi connectivity index (χ0v) is 13.3. The maximum absolute atomic E-state index is 12.0. The fourth-order valence-corrected chi connectivity index (χ4v) is 1.86. The monoisotopic (exact) mass is 286 g/mol. The molecule has 0 aliphatic carbocycles. The Balaban J connectivity index is 2.14. The lowest BCUT2D eigenvalue weighted by molar-refractivity contribution is -0.125. The molecule has 0 aliphatic heterocycles. The van der Waals surface area contributed by atoms with Gasteiger partial charge in [0.05, 0.1) is 6.42 Å². The van der Waals surface area contributed by atoms with E-state index < -0.39 is 5.41 Å². The predicted molar refractivity (Wildman–Crippen MR) is 82.0 cm³/mol. The van der Waals surface area contributed by atoms with E-state index in [1.165, 1.54) is 5.56 Å². The van der Waals surface area contributed by atoms with Crippen LogP contribution in [0.25, 0.3) is 11.4 Å². The molecule has 21 heavy (non-hydrogen) atoms. The first kappa shape index (κ1) is 15.4. The van der Waals surface area contributed by atoms with E-state index in [0.29, 0.717) is 17.6 Å². The van der Waals surface area contributed by atoms with Crippen molar-refractivity contribution in [2.45, 2.75) is 47.0 Å². The number of aromatic nitrogens is 2. The van der Waals surface area contributed by atoms with Gasteiger partial charge in [0.25, 0.3) is 0 Å². The van der Waals surface area contributed by atoms with E-state index in [-0.39, 0.29) is 12.2 Å². The number of benzene rings is 1. The number of ketones is 1. The Labute approximate surface area is 125 Å². The molecule has 0 atom stereocenters. The molecule has 0 unspecified atom stereocenters. The third-order valence-electron chi connectivity index (χ3n) is 3.45. The van der Waals surface area contributed by atoms with E-state index in [2.05, 4.69) is 36.1 Å². The molecule has 2 aromatic rings. The van der Waals surface area contributed by atoms with Gasteiger partial charge in [-0.2, -0.15) is 4.98 Å². The largest absolute Gasteiger partial charge is 0.339 e. The van der Waals surface area contributed by atoms with Crippen LogP contribution < -0.4 is 0 Å². The van der Waals surface area contributed by atoms with Crippen LogP contribution in [0.15, 0.2) is 28.8 Å². The predicted octanol–water partition coefficient (Wildman–Crippen LogP) is 4.02. The van der Waals surface area contributed by atoms with Crippen molar-refractivity contribution in [1.29, 1.82) is 0 Å². The summed E-state index contributed by atoms with van der Waals surface area (Å²) in [5, 5.41) is 3.96. The van der Waals surface area contributed by atoms with Crippen molar-refractivity contribution >= 4 is 5.78 Å². The van der Waals surface area contributed by atoms with Crippen LogP contribution in [0, 0.1) is 5.41 Å². The van der Waals surface area contributed by atoms with Gasteiger partial charge in [-0.3, -0.25) is 4.79 Å². The summed E-state index contributed by atoms with van der Waals surface area (Å²) in [5.41, 5.74) is 1.77. The van der Waals surface area contributed by atoms with Gasteiger partial charge in [-0.15, -0.1) is 0 Å². The summed E-state index contributed by atoms with van der Waals surface area (Å²) in [5.74, 6) is 1.48. The van der Waals surface area contributed by atoms with Crippen molar-refractivity contribution in [1.82, 2.24) is 10.1 Å². The Kier molecular flexibility index (Phi) is 4.26. The maximum atomic E-state index is 12.0. The second-order valence-corrected chi connectivity index (χ2v) is 6.64. The van der Waals surface area contributed by atoms with E-state index in [1.54, 1.807) is 0 Å². The van der Waals surface area contributed by atoms with Gasteiger partial charge in [0.2, 0.25) is 11.7 Å². The van der Waals surface area contributed by atoms with Gasteiger partial charge < -0.3 is 4.52 Å². The zero-order chi connectivity index (χ0) is 15.6. The number of nitrogens with zero attached hydrogens (tertiary/aromatic N) is 2. The highest BCUT2D eigenvalue weighted by atomic mass is 16.5. The smallest absolute Gasteiger partial charge is 0.234 e. The van der Waals surface area contributed by atoms with Crippen LogP contribution in [0.3, 0.4) is 0 Å². The summed E-state index contributed by atoms with van der Waals surface area (Å²) in [6.45, 7) is 9.96. The molecule has 0 amide bonds. The molecule has 1 aromatic heterocycles. The van der Waals surface area contributed by atoms with Gasteiger partial charge in [0.1, 0.15) is 5.78 Å². The number of carbonyl (C=O) groups excluding carboxylic acids is 1. The first-order valence-corrected chi connectivity index (χ1v) is 7.23. The molecule has 112 valence electrons. The molecule has 1 heterocycles. The summed E-state index contributed by atoms with van der Waals surface area (Å²) < 4.78 is 5.18.